The molecule has 2 amide bonds. The lowest BCUT2D eigenvalue weighted by atomic mass is 9.89. The van der Waals surface area contributed by atoms with E-state index in [1.54, 1.807) is 0 Å². The molecule has 0 atom stereocenters. The minimum atomic E-state index is -0.618. The second kappa shape index (κ2) is 7.00. The summed E-state index contributed by atoms with van der Waals surface area (Å²) in [5.74, 6) is -1.51. The number of benzene rings is 1. The molecule has 1 aliphatic heterocycles. The molecule has 25 heavy (non-hydrogen) atoms. The minimum Gasteiger partial charge on any atom is -0.464 e. The zero-order valence-corrected chi connectivity index (χ0v) is 13.6. The summed E-state index contributed by atoms with van der Waals surface area (Å²) >= 11 is 0. The Kier molecular flexibility index (Phi) is 4.78. The number of imide groups is 1. The molecule has 0 saturated heterocycles. The molecule has 0 radical (unpaired) electrons. The summed E-state index contributed by atoms with van der Waals surface area (Å²) < 4.78 is 5.21. The zero-order valence-electron chi connectivity index (χ0n) is 13.6. The second-order valence-corrected chi connectivity index (χ2v) is 6.25. The van der Waals surface area contributed by atoms with Gasteiger partial charge in [-0.05, 0) is 18.9 Å². The Hall–Kier alpha value is -2.77. The normalized spacial score (nSPS) is 17.5. The summed E-state index contributed by atoms with van der Waals surface area (Å²) in [4.78, 5) is 47.7. The molecular weight excluding hydrogens is 328 g/mol. The van der Waals surface area contributed by atoms with Crippen molar-refractivity contribution >= 4 is 23.5 Å². The van der Waals surface area contributed by atoms with Gasteiger partial charge in [0.15, 0.2) is 0 Å². The molecule has 0 unspecified atom stereocenters. The highest BCUT2D eigenvalue weighted by atomic mass is 16.6. The van der Waals surface area contributed by atoms with E-state index in [4.69, 9.17) is 4.74 Å². The summed E-state index contributed by atoms with van der Waals surface area (Å²) in [6, 6.07) is 3.57. The monoisotopic (exact) mass is 346 g/mol. The van der Waals surface area contributed by atoms with Gasteiger partial charge in [-0.25, -0.2) is 0 Å². The second-order valence-electron chi connectivity index (χ2n) is 6.25. The molecule has 1 fully saturated rings. The molecular formula is C17H18N2O6. The molecule has 1 aromatic rings. The summed E-state index contributed by atoms with van der Waals surface area (Å²) in [6.07, 6.45) is 4.78. The van der Waals surface area contributed by atoms with Gasteiger partial charge in [0.1, 0.15) is 6.61 Å². The smallest absolute Gasteiger partial charge is 0.308 e. The summed E-state index contributed by atoms with van der Waals surface area (Å²) in [5.41, 5.74) is -0.0995. The van der Waals surface area contributed by atoms with Gasteiger partial charge in [-0.3, -0.25) is 29.4 Å². The predicted octanol–water partition coefficient (Wildman–Crippen LogP) is 2.31. The van der Waals surface area contributed by atoms with E-state index in [9.17, 15) is 24.5 Å². The number of rotatable bonds is 5. The quantitative estimate of drug-likeness (QED) is 0.350. The SMILES string of the molecule is O=C(OCCN1C(=O)c2ccc([N+](=O)[O-])cc2C1=O)C1CCCCC1. The summed E-state index contributed by atoms with van der Waals surface area (Å²) in [6.45, 7) is -0.124. The molecule has 2 aliphatic rings. The number of non-ortho nitro benzene ring substituents is 1. The van der Waals surface area contributed by atoms with Gasteiger partial charge in [-0.1, -0.05) is 19.3 Å². The van der Waals surface area contributed by atoms with Crippen molar-refractivity contribution in [3.8, 4) is 0 Å². The fourth-order valence-electron chi connectivity index (χ4n) is 3.29. The first-order valence-corrected chi connectivity index (χ1v) is 8.30. The molecule has 3 rings (SSSR count). The first-order valence-electron chi connectivity index (χ1n) is 8.30. The topological polar surface area (TPSA) is 107 Å². The van der Waals surface area contributed by atoms with Crippen LogP contribution in [0.2, 0.25) is 0 Å². The maximum atomic E-state index is 12.3. The van der Waals surface area contributed by atoms with E-state index >= 15 is 0 Å². The van der Waals surface area contributed by atoms with Gasteiger partial charge in [-0.15, -0.1) is 0 Å². The molecule has 1 aliphatic carbocycles. The third kappa shape index (κ3) is 3.38. The van der Waals surface area contributed by atoms with Crippen LogP contribution in [-0.2, 0) is 9.53 Å². The number of carbonyl (C=O) groups excluding carboxylic acids is 3. The van der Waals surface area contributed by atoms with Crippen molar-refractivity contribution in [2.45, 2.75) is 32.1 Å². The Morgan fingerprint density at radius 3 is 2.52 bits per heavy atom. The fourth-order valence-corrected chi connectivity index (χ4v) is 3.29. The van der Waals surface area contributed by atoms with Crippen LogP contribution in [0.5, 0.6) is 0 Å². The van der Waals surface area contributed by atoms with Crippen LogP contribution in [0, 0.1) is 16.0 Å². The maximum absolute atomic E-state index is 12.3. The molecule has 132 valence electrons. The predicted molar refractivity (Wildman–Crippen MR) is 86.0 cm³/mol. The van der Waals surface area contributed by atoms with E-state index in [2.05, 4.69) is 0 Å². The lowest BCUT2D eigenvalue weighted by Crippen LogP contribution is -2.34. The lowest BCUT2D eigenvalue weighted by molar-refractivity contribution is -0.384. The van der Waals surface area contributed by atoms with Crippen LogP contribution in [0.15, 0.2) is 18.2 Å². The molecule has 1 aromatic carbocycles. The van der Waals surface area contributed by atoms with Crippen molar-refractivity contribution in [1.82, 2.24) is 4.90 Å². The first-order chi connectivity index (χ1) is 12.0. The number of carbonyl (C=O) groups is 3. The number of amides is 2. The van der Waals surface area contributed by atoms with Crippen molar-refractivity contribution in [2.75, 3.05) is 13.2 Å². The van der Waals surface area contributed by atoms with E-state index in [0.717, 1.165) is 43.1 Å². The number of nitro benzene ring substituents is 1. The molecule has 0 aromatic heterocycles. The number of hydrogen-bond donors (Lipinski definition) is 0. The number of nitro groups is 1. The van der Waals surface area contributed by atoms with E-state index in [1.165, 1.54) is 12.1 Å². The van der Waals surface area contributed by atoms with Crippen LogP contribution in [0.4, 0.5) is 5.69 Å². The Balaban J connectivity index is 1.60. The van der Waals surface area contributed by atoms with Crippen molar-refractivity contribution in [3.05, 3.63) is 39.4 Å². The minimum absolute atomic E-state index is 0.0119. The van der Waals surface area contributed by atoms with E-state index in [1.807, 2.05) is 0 Å². The number of ether oxygens (including phenoxy) is 1. The van der Waals surface area contributed by atoms with Crippen molar-refractivity contribution < 1.29 is 24.0 Å². The molecule has 1 heterocycles. The average molecular weight is 346 g/mol. The lowest BCUT2D eigenvalue weighted by Gasteiger charge is -2.20. The van der Waals surface area contributed by atoms with Gasteiger partial charge < -0.3 is 4.74 Å². The molecule has 0 N–H and O–H groups in total. The van der Waals surface area contributed by atoms with Gasteiger partial charge in [-0.2, -0.15) is 0 Å². The van der Waals surface area contributed by atoms with Crippen molar-refractivity contribution in [1.29, 1.82) is 0 Å². The van der Waals surface area contributed by atoms with E-state index < -0.39 is 16.7 Å². The summed E-state index contributed by atoms with van der Waals surface area (Å²) in [7, 11) is 0. The first kappa shape index (κ1) is 17.1. The summed E-state index contributed by atoms with van der Waals surface area (Å²) in [5, 5.41) is 10.8. The van der Waals surface area contributed by atoms with Crippen LogP contribution in [0.1, 0.15) is 52.8 Å². The molecule has 0 bridgehead atoms. The largest absolute Gasteiger partial charge is 0.464 e. The van der Waals surface area contributed by atoms with Crippen LogP contribution >= 0.6 is 0 Å². The molecule has 0 spiro atoms. The van der Waals surface area contributed by atoms with Gasteiger partial charge in [0, 0.05) is 12.1 Å². The van der Waals surface area contributed by atoms with Crippen molar-refractivity contribution in [3.63, 3.8) is 0 Å². The third-order valence-electron chi connectivity index (χ3n) is 4.66. The molecule has 8 heteroatoms. The van der Waals surface area contributed by atoms with Gasteiger partial charge >= 0.3 is 5.97 Å². The highest BCUT2D eigenvalue weighted by molar-refractivity contribution is 6.21. The van der Waals surface area contributed by atoms with Gasteiger partial charge in [0.25, 0.3) is 17.5 Å². The highest BCUT2D eigenvalue weighted by Gasteiger charge is 2.36. The highest BCUT2D eigenvalue weighted by Crippen LogP contribution is 2.27. The standard InChI is InChI=1S/C17H18N2O6/c20-15-13-7-6-12(19(23)24)10-14(13)16(21)18(15)8-9-25-17(22)11-4-2-1-3-5-11/h6-7,10-11H,1-5,8-9H2. The van der Waals surface area contributed by atoms with Crippen LogP contribution < -0.4 is 0 Å². The number of nitrogens with zero attached hydrogens (tertiary/aromatic N) is 2. The number of hydrogen-bond acceptors (Lipinski definition) is 6. The Morgan fingerprint density at radius 1 is 1.16 bits per heavy atom. The fraction of sp³-hybridized carbons (Fsp3) is 0.471. The van der Waals surface area contributed by atoms with Gasteiger partial charge in [0.2, 0.25) is 0 Å². The maximum Gasteiger partial charge on any atom is 0.308 e. The molecule has 1 saturated carbocycles. The Labute approximate surface area is 143 Å². The van der Waals surface area contributed by atoms with E-state index in [-0.39, 0.29) is 41.9 Å². The Morgan fingerprint density at radius 2 is 1.84 bits per heavy atom. The number of esters is 1. The number of fused-ring (bicyclic) bond motifs is 1. The Bertz CT molecular complexity index is 739. The van der Waals surface area contributed by atoms with Crippen LogP contribution in [-0.4, -0.2) is 40.8 Å². The van der Waals surface area contributed by atoms with Crippen LogP contribution in [0.3, 0.4) is 0 Å². The third-order valence-corrected chi connectivity index (χ3v) is 4.66. The average Bonchev–Trinajstić information content (AvgIpc) is 2.86. The van der Waals surface area contributed by atoms with E-state index in [0.29, 0.717) is 0 Å². The van der Waals surface area contributed by atoms with Gasteiger partial charge in [0.05, 0.1) is 28.5 Å². The van der Waals surface area contributed by atoms with Crippen molar-refractivity contribution in [2.24, 2.45) is 5.92 Å². The zero-order chi connectivity index (χ0) is 18.0. The van der Waals surface area contributed by atoms with Crippen LogP contribution in [0.25, 0.3) is 0 Å². The molecule has 8 nitrogen and oxygen atoms in total.